The Bertz CT molecular complexity index is 838. The van der Waals surface area contributed by atoms with Crippen LogP contribution in [0.5, 0.6) is 5.75 Å². The van der Waals surface area contributed by atoms with Gasteiger partial charge in [0, 0.05) is 12.1 Å². The third-order valence-electron chi connectivity index (χ3n) is 3.23. The summed E-state index contributed by atoms with van der Waals surface area (Å²) in [6, 6.07) is 7.67. The molecule has 0 aliphatic rings. The Balaban J connectivity index is 1.88. The van der Waals surface area contributed by atoms with Gasteiger partial charge in [0.2, 0.25) is 0 Å². The number of fused-ring (bicyclic) bond motifs is 1. The summed E-state index contributed by atoms with van der Waals surface area (Å²) in [5.74, 6) is 1.27. The normalized spacial score (nSPS) is 11.0. The van der Waals surface area contributed by atoms with Gasteiger partial charge in [0.25, 0.3) is 5.56 Å². The topological polar surface area (TPSA) is 81.0 Å². The molecule has 21 heavy (non-hydrogen) atoms. The molecule has 0 aliphatic carbocycles. The van der Waals surface area contributed by atoms with Gasteiger partial charge in [-0.1, -0.05) is 18.2 Å². The first-order valence-electron chi connectivity index (χ1n) is 6.57. The van der Waals surface area contributed by atoms with Crippen molar-refractivity contribution in [1.82, 2.24) is 9.97 Å². The highest BCUT2D eigenvalue weighted by Gasteiger charge is 2.09. The molecular weight excluding hydrogens is 286 g/mol. The molecule has 6 heteroatoms. The third kappa shape index (κ3) is 2.68. The number of para-hydroxylation sites is 1. The number of nitrogens with two attached hydrogens (primary N) is 1. The average Bonchev–Trinajstić information content (AvgIpc) is 2.94. The maximum Gasteiger partial charge on any atom is 0.268 e. The second-order valence-electron chi connectivity index (χ2n) is 4.70. The van der Waals surface area contributed by atoms with Gasteiger partial charge in [0.1, 0.15) is 22.9 Å². The van der Waals surface area contributed by atoms with E-state index in [1.807, 2.05) is 36.6 Å². The van der Waals surface area contributed by atoms with Crippen molar-refractivity contribution in [3.63, 3.8) is 0 Å². The van der Waals surface area contributed by atoms with Crippen LogP contribution in [-0.4, -0.2) is 9.97 Å². The van der Waals surface area contributed by atoms with Crippen LogP contribution in [0, 0.1) is 6.92 Å². The number of benzene rings is 1. The number of rotatable bonds is 4. The van der Waals surface area contributed by atoms with Crippen molar-refractivity contribution in [3.05, 3.63) is 57.0 Å². The summed E-state index contributed by atoms with van der Waals surface area (Å²) in [6.07, 6.45) is 0. The fraction of sp³-hybridized carbons (Fsp3) is 0.200. The van der Waals surface area contributed by atoms with Crippen LogP contribution in [0.4, 0.5) is 0 Å². The molecular formula is C15H15N3O2S. The standard InChI is InChI=1S/C15H15N3O2S/c1-9-3-2-4-10(7-16)13(9)20-8-12-17-11-5-6-21-14(11)15(19)18-12/h2-6H,7-8,16H2,1H3,(H,17,18,19). The number of thiophene rings is 1. The van der Waals surface area contributed by atoms with E-state index in [1.165, 1.54) is 11.3 Å². The molecule has 2 aromatic heterocycles. The maximum atomic E-state index is 11.9. The van der Waals surface area contributed by atoms with E-state index >= 15 is 0 Å². The van der Waals surface area contributed by atoms with E-state index in [0.717, 1.165) is 16.9 Å². The van der Waals surface area contributed by atoms with E-state index in [2.05, 4.69) is 9.97 Å². The number of nitrogens with one attached hydrogen (secondary N) is 1. The highest BCUT2D eigenvalue weighted by Crippen LogP contribution is 2.23. The zero-order valence-corrected chi connectivity index (χ0v) is 12.4. The van der Waals surface area contributed by atoms with Crippen LogP contribution in [0.2, 0.25) is 0 Å². The Morgan fingerprint density at radius 1 is 1.38 bits per heavy atom. The van der Waals surface area contributed by atoms with Crippen LogP contribution in [0.15, 0.2) is 34.4 Å². The third-order valence-corrected chi connectivity index (χ3v) is 4.13. The first-order valence-corrected chi connectivity index (χ1v) is 7.44. The average molecular weight is 301 g/mol. The molecule has 0 atom stereocenters. The molecule has 0 amide bonds. The zero-order valence-electron chi connectivity index (χ0n) is 11.6. The van der Waals surface area contributed by atoms with Gasteiger partial charge in [-0.2, -0.15) is 0 Å². The largest absolute Gasteiger partial charge is 0.485 e. The van der Waals surface area contributed by atoms with Gasteiger partial charge in [-0.05, 0) is 23.9 Å². The number of nitrogens with zero attached hydrogens (tertiary/aromatic N) is 1. The van der Waals surface area contributed by atoms with Crippen molar-refractivity contribution in [1.29, 1.82) is 0 Å². The summed E-state index contributed by atoms with van der Waals surface area (Å²) in [7, 11) is 0. The summed E-state index contributed by atoms with van der Waals surface area (Å²) < 4.78 is 6.45. The fourth-order valence-electron chi connectivity index (χ4n) is 2.21. The molecule has 0 fully saturated rings. The molecule has 0 saturated heterocycles. The Kier molecular flexibility index (Phi) is 3.72. The number of aryl methyl sites for hydroxylation is 1. The Morgan fingerprint density at radius 3 is 3.05 bits per heavy atom. The van der Waals surface area contributed by atoms with Gasteiger partial charge in [0.05, 0.1) is 5.52 Å². The number of hydrogen-bond acceptors (Lipinski definition) is 5. The van der Waals surface area contributed by atoms with Crippen LogP contribution >= 0.6 is 11.3 Å². The van der Waals surface area contributed by atoms with Crippen LogP contribution in [0.25, 0.3) is 10.2 Å². The lowest BCUT2D eigenvalue weighted by Gasteiger charge is -2.12. The van der Waals surface area contributed by atoms with Crippen LogP contribution in [0.1, 0.15) is 17.0 Å². The predicted molar refractivity (Wildman–Crippen MR) is 83.6 cm³/mol. The molecule has 0 radical (unpaired) electrons. The Morgan fingerprint density at radius 2 is 2.24 bits per heavy atom. The number of aromatic nitrogens is 2. The van der Waals surface area contributed by atoms with E-state index in [4.69, 9.17) is 10.5 Å². The van der Waals surface area contributed by atoms with E-state index in [9.17, 15) is 4.79 Å². The molecule has 0 unspecified atom stereocenters. The molecule has 1 aromatic carbocycles. The van der Waals surface area contributed by atoms with Crippen molar-refractivity contribution < 1.29 is 4.74 Å². The summed E-state index contributed by atoms with van der Waals surface area (Å²) in [5, 5.41) is 1.85. The van der Waals surface area contributed by atoms with Gasteiger partial charge < -0.3 is 15.5 Å². The molecule has 2 heterocycles. The maximum absolute atomic E-state index is 11.9. The van der Waals surface area contributed by atoms with Crippen molar-refractivity contribution in [3.8, 4) is 5.75 Å². The van der Waals surface area contributed by atoms with Gasteiger partial charge >= 0.3 is 0 Å². The van der Waals surface area contributed by atoms with Crippen LogP contribution in [0.3, 0.4) is 0 Å². The van der Waals surface area contributed by atoms with Gasteiger partial charge in [-0.25, -0.2) is 4.98 Å². The lowest BCUT2D eigenvalue weighted by molar-refractivity contribution is 0.291. The quantitative estimate of drug-likeness (QED) is 0.775. The predicted octanol–water partition coefficient (Wildman–Crippen LogP) is 2.33. The molecule has 0 bridgehead atoms. The number of H-pyrrole nitrogens is 1. The van der Waals surface area contributed by atoms with Crippen LogP contribution < -0.4 is 16.0 Å². The zero-order chi connectivity index (χ0) is 14.8. The molecule has 0 saturated carbocycles. The van der Waals surface area contributed by atoms with E-state index in [0.29, 0.717) is 22.6 Å². The molecule has 3 aromatic rings. The second-order valence-corrected chi connectivity index (χ2v) is 5.62. The number of hydrogen-bond donors (Lipinski definition) is 2. The van der Waals surface area contributed by atoms with Crippen molar-refractivity contribution in [2.24, 2.45) is 5.73 Å². The minimum Gasteiger partial charge on any atom is -0.485 e. The minimum atomic E-state index is -0.127. The van der Waals surface area contributed by atoms with E-state index in [1.54, 1.807) is 0 Å². The fourth-order valence-corrected chi connectivity index (χ4v) is 2.94. The van der Waals surface area contributed by atoms with Gasteiger partial charge in [-0.15, -0.1) is 11.3 Å². The first-order chi connectivity index (χ1) is 10.2. The Hall–Kier alpha value is -2.18. The summed E-state index contributed by atoms with van der Waals surface area (Å²) >= 11 is 1.38. The molecule has 3 N–H and O–H groups in total. The molecule has 0 aliphatic heterocycles. The van der Waals surface area contributed by atoms with Crippen LogP contribution in [-0.2, 0) is 13.2 Å². The number of ether oxygens (including phenoxy) is 1. The SMILES string of the molecule is Cc1cccc(CN)c1OCc1nc2ccsc2c(=O)[nH]1. The van der Waals surface area contributed by atoms with Crippen molar-refractivity contribution in [2.45, 2.75) is 20.1 Å². The summed E-state index contributed by atoms with van der Waals surface area (Å²) in [5.41, 5.74) is 8.24. The van der Waals surface area contributed by atoms with E-state index < -0.39 is 0 Å². The molecule has 108 valence electrons. The second kappa shape index (κ2) is 5.67. The van der Waals surface area contributed by atoms with Gasteiger partial charge in [-0.3, -0.25) is 4.79 Å². The summed E-state index contributed by atoms with van der Waals surface area (Å²) in [6.45, 7) is 2.58. The molecule has 0 spiro atoms. The lowest BCUT2D eigenvalue weighted by atomic mass is 10.1. The Labute approximate surface area is 125 Å². The highest BCUT2D eigenvalue weighted by molar-refractivity contribution is 7.17. The molecule has 5 nitrogen and oxygen atoms in total. The summed E-state index contributed by atoms with van der Waals surface area (Å²) in [4.78, 5) is 19.0. The molecule has 3 rings (SSSR count). The van der Waals surface area contributed by atoms with Gasteiger partial charge in [0.15, 0.2) is 0 Å². The monoisotopic (exact) mass is 301 g/mol. The first kappa shape index (κ1) is 13.8. The van der Waals surface area contributed by atoms with Crippen molar-refractivity contribution >= 4 is 21.6 Å². The van der Waals surface area contributed by atoms with Crippen molar-refractivity contribution in [2.75, 3.05) is 0 Å². The van der Waals surface area contributed by atoms with E-state index in [-0.39, 0.29) is 12.2 Å². The number of aromatic amines is 1. The highest BCUT2D eigenvalue weighted by atomic mass is 32.1. The smallest absolute Gasteiger partial charge is 0.268 e. The minimum absolute atomic E-state index is 0.127. The lowest BCUT2D eigenvalue weighted by Crippen LogP contribution is -2.13.